The van der Waals surface area contributed by atoms with Crippen molar-refractivity contribution >= 4 is 28.5 Å². The average Bonchev–Trinajstić information content (AvgIpc) is 3.32. The van der Waals surface area contributed by atoms with E-state index in [0.717, 1.165) is 16.5 Å². The highest BCUT2D eigenvalue weighted by molar-refractivity contribution is 6.31. The van der Waals surface area contributed by atoms with Crippen LogP contribution >= 0.6 is 11.6 Å². The summed E-state index contributed by atoms with van der Waals surface area (Å²) in [5, 5.41) is 9.39. The number of carbonyl (C=O) groups excluding carboxylic acids is 1. The number of aromatic nitrogens is 4. The van der Waals surface area contributed by atoms with Crippen molar-refractivity contribution in [3.8, 4) is 16.8 Å². The summed E-state index contributed by atoms with van der Waals surface area (Å²) in [5.41, 5.74) is 4.32. The van der Waals surface area contributed by atoms with Crippen LogP contribution in [0.5, 0.6) is 0 Å². The second-order valence-corrected chi connectivity index (χ2v) is 8.12. The van der Waals surface area contributed by atoms with Crippen molar-refractivity contribution in [1.29, 1.82) is 0 Å². The SMILES string of the molecule is Cc1nc2ccc(Cl)cc2c(-c2ccccc2)c1C(=O)OCc1cn(-c2ccc(F)cc2)nn1. The Kier molecular flexibility index (Phi) is 5.77. The van der Waals surface area contributed by atoms with E-state index < -0.39 is 5.97 Å². The minimum Gasteiger partial charge on any atom is -0.455 e. The monoisotopic (exact) mass is 472 g/mol. The minimum absolute atomic E-state index is 0.0821. The van der Waals surface area contributed by atoms with Crippen LogP contribution in [-0.2, 0) is 11.3 Å². The lowest BCUT2D eigenvalue weighted by atomic mass is 9.94. The molecule has 0 saturated heterocycles. The number of pyridine rings is 1. The summed E-state index contributed by atoms with van der Waals surface area (Å²) in [6.07, 6.45) is 1.63. The van der Waals surface area contributed by atoms with Crippen molar-refractivity contribution in [3.05, 3.63) is 107 Å². The van der Waals surface area contributed by atoms with E-state index in [1.54, 1.807) is 37.4 Å². The maximum absolute atomic E-state index is 13.3. The van der Waals surface area contributed by atoms with Gasteiger partial charge in [-0.1, -0.05) is 47.1 Å². The largest absolute Gasteiger partial charge is 0.455 e. The van der Waals surface area contributed by atoms with E-state index in [9.17, 15) is 9.18 Å². The van der Waals surface area contributed by atoms with Crippen LogP contribution in [0, 0.1) is 12.7 Å². The Bertz CT molecular complexity index is 1500. The topological polar surface area (TPSA) is 69.9 Å². The Hall–Kier alpha value is -4.10. The third kappa shape index (κ3) is 4.25. The van der Waals surface area contributed by atoms with Gasteiger partial charge in [0.15, 0.2) is 0 Å². The van der Waals surface area contributed by atoms with Gasteiger partial charge in [-0.3, -0.25) is 4.98 Å². The van der Waals surface area contributed by atoms with Gasteiger partial charge < -0.3 is 4.74 Å². The molecule has 0 N–H and O–H groups in total. The molecule has 2 aromatic heterocycles. The van der Waals surface area contributed by atoms with Gasteiger partial charge in [-0.2, -0.15) is 0 Å². The van der Waals surface area contributed by atoms with Crippen LogP contribution in [0.1, 0.15) is 21.7 Å². The van der Waals surface area contributed by atoms with E-state index in [1.807, 2.05) is 36.4 Å². The predicted molar refractivity (Wildman–Crippen MR) is 127 cm³/mol. The number of nitrogens with zero attached hydrogens (tertiary/aromatic N) is 4. The van der Waals surface area contributed by atoms with Crippen LogP contribution in [0.4, 0.5) is 4.39 Å². The zero-order chi connectivity index (χ0) is 23.7. The molecule has 0 spiro atoms. The molecule has 2 heterocycles. The molecular weight excluding hydrogens is 455 g/mol. The number of rotatable bonds is 5. The van der Waals surface area contributed by atoms with E-state index >= 15 is 0 Å². The van der Waals surface area contributed by atoms with Gasteiger partial charge in [0, 0.05) is 16.0 Å². The first-order valence-corrected chi connectivity index (χ1v) is 10.9. The molecule has 0 atom stereocenters. The molecule has 0 amide bonds. The van der Waals surface area contributed by atoms with Gasteiger partial charge >= 0.3 is 5.97 Å². The number of carbonyl (C=O) groups is 1. The third-order valence-electron chi connectivity index (χ3n) is 5.38. The fraction of sp³-hybridized carbons (Fsp3) is 0.0769. The molecule has 0 radical (unpaired) electrons. The summed E-state index contributed by atoms with van der Waals surface area (Å²) >= 11 is 6.27. The molecule has 6 nitrogen and oxygen atoms in total. The summed E-state index contributed by atoms with van der Waals surface area (Å²) in [6, 6.07) is 20.8. The van der Waals surface area contributed by atoms with Crippen molar-refractivity contribution in [1.82, 2.24) is 20.0 Å². The number of hydrogen-bond donors (Lipinski definition) is 0. The standard InChI is InChI=1S/C26H18ClFN4O2/c1-16-24(25(17-5-3-2-4-6-17)22-13-18(27)7-12-23(22)29-16)26(33)34-15-20-14-32(31-30-20)21-10-8-19(28)9-11-21/h2-14H,15H2,1H3. The van der Waals surface area contributed by atoms with Crippen molar-refractivity contribution in [3.63, 3.8) is 0 Å². The summed E-state index contributed by atoms with van der Waals surface area (Å²) in [5.74, 6) is -0.866. The van der Waals surface area contributed by atoms with Gasteiger partial charge in [0.25, 0.3) is 0 Å². The normalized spacial score (nSPS) is 11.0. The molecule has 0 unspecified atom stereocenters. The predicted octanol–water partition coefficient (Wildman–Crippen LogP) is 5.94. The number of fused-ring (bicyclic) bond motifs is 1. The fourth-order valence-electron chi connectivity index (χ4n) is 3.81. The van der Waals surface area contributed by atoms with Crippen molar-refractivity contribution in [2.45, 2.75) is 13.5 Å². The first-order valence-electron chi connectivity index (χ1n) is 10.5. The van der Waals surface area contributed by atoms with Crippen LogP contribution in [-0.4, -0.2) is 25.9 Å². The Labute approximate surface area is 199 Å². The lowest BCUT2D eigenvalue weighted by molar-refractivity contribution is 0.0467. The van der Waals surface area contributed by atoms with Gasteiger partial charge in [-0.25, -0.2) is 13.9 Å². The maximum Gasteiger partial charge on any atom is 0.341 e. The number of hydrogen-bond acceptors (Lipinski definition) is 5. The molecule has 3 aromatic carbocycles. The van der Waals surface area contributed by atoms with Crippen LogP contribution in [0.15, 0.2) is 79.0 Å². The van der Waals surface area contributed by atoms with Gasteiger partial charge in [0.05, 0.1) is 28.7 Å². The van der Waals surface area contributed by atoms with Gasteiger partial charge in [0.1, 0.15) is 18.1 Å². The van der Waals surface area contributed by atoms with E-state index in [2.05, 4.69) is 15.3 Å². The molecule has 0 aliphatic heterocycles. The Morgan fingerprint density at radius 1 is 1.06 bits per heavy atom. The highest BCUT2D eigenvalue weighted by Crippen LogP contribution is 2.35. The molecular formula is C26H18ClFN4O2. The van der Waals surface area contributed by atoms with E-state index in [0.29, 0.717) is 33.2 Å². The summed E-state index contributed by atoms with van der Waals surface area (Å²) in [4.78, 5) is 17.9. The molecule has 34 heavy (non-hydrogen) atoms. The smallest absolute Gasteiger partial charge is 0.341 e. The first kappa shape index (κ1) is 21.7. The highest BCUT2D eigenvalue weighted by atomic mass is 35.5. The fourth-order valence-corrected chi connectivity index (χ4v) is 3.98. The Morgan fingerprint density at radius 3 is 2.59 bits per heavy atom. The molecule has 0 aliphatic carbocycles. The molecule has 168 valence electrons. The number of halogens is 2. The summed E-state index contributed by atoms with van der Waals surface area (Å²) < 4.78 is 20.3. The number of esters is 1. The quantitative estimate of drug-likeness (QED) is 0.296. The molecule has 0 aliphatic rings. The summed E-state index contributed by atoms with van der Waals surface area (Å²) in [7, 11) is 0. The Morgan fingerprint density at radius 2 is 1.82 bits per heavy atom. The van der Waals surface area contributed by atoms with Crippen molar-refractivity contribution < 1.29 is 13.9 Å². The lowest BCUT2D eigenvalue weighted by Gasteiger charge is -2.15. The van der Waals surface area contributed by atoms with E-state index in [4.69, 9.17) is 16.3 Å². The van der Waals surface area contributed by atoms with E-state index in [1.165, 1.54) is 16.8 Å². The summed E-state index contributed by atoms with van der Waals surface area (Å²) in [6.45, 7) is 1.70. The van der Waals surface area contributed by atoms with Crippen molar-refractivity contribution in [2.75, 3.05) is 0 Å². The first-order chi connectivity index (χ1) is 16.5. The van der Waals surface area contributed by atoms with Crippen LogP contribution in [0.3, 0.4) is 0 Å². The van der Waals surface area contributed by atoms with Gasteiger partial charge in [-0.15, -0.1) is 5.10 Å². The second-order valence-electron chi connectivity index (χ2n) is 7.68. The molecule has 0 bridgehead atoms. The number of aryl methyl sites for hydroxylation is 1. The zero-order valence-electron chi connectivity index (χ0n) is 18.1. The van der Waals surface area contributed by atoms with Crippen molar-refractivity contribution in [2.24, 2.45) is 0 Å². The number of ether oxygens (including phenoxy) is 1. The van der Waals surface area contributed by atoms with Crippen LogP contribution in [0.2, 0.25) is 5.02 Å². The van der Waals surface area contributed by atoms with E-state index in [-0.39, 0.29) is 12.4 Å². The highest BCUT2D eigenvalue weighted by Gasteiger charge is 2.22. The second kappa shape index (κ2) is 9.03. The molecule has 5 rings (SSSR count). The third-order valence-corrected chi connectivity index (χ3v) is 5.61. The lowest BCUT2D eigenvalue weighted by Crippen LogP contribution is -2.11. The average molecular weight is 473 g/mol. The zero-order valence-corrected chi connectivity index (χ0v) is 18.8. The Balaban J connectivity index is 1.48. The van der Waals surface area contributed by atoms with Gasteiger partial charge in [-0.05, 0) is 55.0 Å². The van der Waals surface area contributed by atoms with Gasteiger partial charge in [0.2, 0.25) is 0 Å². The molecule has 8 heteroatoms. The van der Waals surface area contributed by atoms with Crippen LogP contribution < -0.4 is 0 Å². The van der Waals surface area contributed by atoms with Crippen LogP contribution in [0.25, 0.3) is 27.7 Å². The molecule has 0 saturated carbocycles. The minimum atomic E-state index is -0.526. The molecule has 0 fully saturated rings. The number of benzene rings is 3. The molecule has 5 aromatic rings. The maximum atomic E-state index is 13.3.